The van der Waals surface area contributed by atoms with Crippen LogP contribution in [0.2, 0.25) is 0 Å². The van der Waals surface area contributed by atoms with Crippen molar-refractivity contribution in [2.45, 2.75) is 32.0 Å². The van der Waals surface area contributed by atoms with Crippen LogP contribution in [0, 0.1) is 0 Å². The Bertz CT molecular complexity index is 1610. The molecule has 1 saturated heterocycles. The average molecular weight is 566 g/mol. The number of carbonyl (C=O) groups is 3. The number of anilines is 3. The fourth-order valence-corrected chi connectivity index (χ4v) is 4.85. The number of amides is 2. The molecule has 5 rings (SSSR count). The monoisotopic (exact) mass is 565 g/mol. The largest absolute Gasteiger partial charge is 0.478 e. The molecule has 0 unspecified atom stereocenters. The van der Waals surface area contributed by atoms with E-state index in [1.165, 1.54) is 42.5 Å². The highest BCUT2D eigenvalue weighted by molar-refractivity contribution is 6.13. The van der Waals surface area contributed by atoms with Gasteiger partial charge in [0, 0.05) is 29.7 Å². The summed E-state index contributed by atoms with van der Waals surface area (Å²) in [6, 6.07) is 16.7. The maximum Gasteiger partial charge on any atom is 0.408 e. The molecule has 0 bridgehead atoms. The van der Waals surface area contributed by atoms with E-state index in [0.717, 1.165) is 37.0 Å². The number of aromatic carboxylic acids is 1. The SMILES string of the molecule is O=C(O)c1ccc(NC(=O)c2ccc(N3CCCCC3)c(NC(=O)c3nn(CC(F)(F)F)c4ccccc34)c2)cc1. The average Bonchev–Trinajstić information content (AvgIpc) is 3.31. The van der Waals surface area contributed by atoms with Crippen LogP contribution in [-0.4, -0.2) is 51.9 Å². The third-order valence-electron chi connectivity index (χ3n) is 6.80. The second-order valence-corrected chi connectivity index (χ2v) is 9.71. The number of carboxylic acids is 1. The van der Waals surface area contributed by atoms with Gasteiger partial charge in [-0.15, -0.1) is 0 Å². The highest BCUT2D eigenvalue weighted by atomic mass is 19.4. The number of nitrogens with one attached hydrogen (secondary N) is 2. The van der Waals surface area contributed by atoms with Crippen molar-refractivity contribution in [3.63, 3.8) is 0 Å². The van der Waals surface area contributed by atoms with Crippen molar-refractivity contribution in [1.82, 2.24) is 9.78 Å². The molecule has 9 nitrogen and oxygen atoms in total. The molecule has 41 heavy (non-hydrogen) atoms. The number of benzene rings is 3. The molecule has 2 heterocycles. The summed E-state index contributed by atoms with van der Waals surface area (Å²) in [6.45, 7) is 0.143. The van der Waals surface area contributed by atoms with Crippen LogP contribution in [0.5, 0.6) is 0 Å². The summed E-state index contributed by atoms with van der Waals surface area (Å²) < 4.78 is 40.3. The first kappa shape index (κ1) is 27.7. The Hall–Kier alpha value is -4.87. The summed E-state index contributed by atoms with van der Waals surface area (Å²) in [5.74, 6) is -2.29. The minimum Gasteiger partial charge on any atom is -0.478 e. The predicted molar refractivity (Wildman–Crippen MR) is 148 cm³/mol. The van der Waals surface area contributed by atoms with Crippen molar-refractivity contribution in [1.29, 1.82) is 0 Å². The Morgan fingerprint density at radius 2 is 1.54 bits per heavy atom. The third kappa shape index (κ3) is 6.32. The Kier molecular flexibility index (Phi) is 7.64. The van der Waals surface area contributed by atoms with Crippen molar-refractivity contribution in [3.05, 3.63) is 83.6 Å². The molecule has 3 aromatic carbocycles. The van der Waals surface area contributed by atoms with Gasteiger partial charge in [-0.2, -0.15) is 18.3 Å². The number of nitrogens with zero attached hydrogens (tertiary/aromatic N) is 3. The molecule has 0 saturated carbocycles. The number of rotatable bonds is 7. The lowest BCUT2D eigenvalue weighted by Crippen LogP contribution is -2.30. The maximum absolute atomic E-state index is 13.5. The third-order valence-corrected chi connectivity index (χ3v) is 6.80. The highest BCUT2D eigenvalue weighted by Crippen LogP contribution is 2.31. The second kappa shape index (κ2) is 11.3. The molecule has 0 spiro atoms. The number of alkyl halides is 3. The normalized spacial score (nSPS) is 13.7. The summed E-state index contributed by atoms with van der Waals surface area (Å²) in [4.78, 5) is 39.7. The maximum atomic E-state index is 13.5. The molecule has 1 aliphatic heterocycles. The van der Waals surface area contributed by atoms with Crippen molar-refractivity contribution < 1.29 is 32.7 Å². The molecule has 4 aromatic rings. The van der Waals surface area contributed by atoms with E-state index >= 15 is 0 Å². The van der Waals surface area contributed by atoms with Crippen LogP contribution in [0.15, 0.2) is 66.7 Å². The number of para-hydroxylation sites is 1. The highest BCUT2D eigenvalue weighted by Gasteiger charge is 2.31. The van der Waals surface area contributed by atoms with Gasteiger partial charge in [-0.25, -0.2) is 4.79 Å². The zero-order valence-corrected chi connectivity index (χ0v) is 21.7. The van der Waals surface area contributed by atoms with Gasteiger partial charge in [0.1, 0.15) is 6.54 Å². The van der Waals surface area contributed by atoms with Crippen LogP contribution < -0.4 is 15.5 Å². The standard InChI is InChI=1S/C29H26F3N5O4/c30-29(31,32)17-37-23-7-3-2-6-21(23)25(35-37)27(39)34-22-16-19(10-13-24(22)36-14-4-1-5-15-36)26(38)33-20-11-8-18(9-12-20)28(40)41/h2-3,6-13,16H,1,4-5,14-15,17H2,(H,33,38)(H,34,39)(H,40,41). The van der Waals surface area contributed by atoms with Gasteiger partial charge in [0.25, 0.3) is 11.8 Å². The molecule has 212 valence electrons. The molecule has 3 N–H and O–H groups in total. The van der Waals surface area contributed by atoms with Crippen LogP contribution in [0.25, 0.3) is 10.9 Å². The van der Waals surface area contributed by atoms with Crippen molar-refractivity contribution in [3.8, 4) is 0 Å². The summed E-state index contributed by atoms with van der Waals surface area (Å²) in [6.07, 6.45) is -1.55. The molecular formula is C29H26F3N5O4. The van der Waals surface area contributed by atoms with Crippen LogP contribution in [-0.2, 0) is 6.54 Å². The lowest BCUT2D eigenvalue weighted by Gasteiger charge is -2.30. The number of carboxylic acid groups (broad SMARTS) is 1. The first-order valence-electron chi connectivity index (χ1n) is 13.0. The van der Waals surface area contributed by atoms with Crippen molar-refractivity contribution >= 4 is 45.7 Å². The van der Waals surface area contributed by atoms with Gasteiger partial charge in [0.2, 0.25) is 0 Å². The quantitative estimate of drug-likeness (QED) is 0.261. The van der Waals surface area contributed by atoms with Crippen LogP contribution in [0.3, 0.4) is 0 Å². The number of carbonyl (C=O) groups excluding carboxylic acids is 2. The minimum atomic E-state index is -4.53. The Balaban J connectivity index is 1.46. The number of aromatic nitrogens is 2. The molecule has 2 amide bonds. The van der Waals surface area contributed by atoms with E-state index in [9.17, 15) is 27.6 Å². The summed E-state index contributed by atoms with van der Waals surface area (Å²) in [5.41, 5.74) is 1.68. The van der Waals surface area contributed by atoms with E-state index in [0.29, 0.717) is 17.1 Å². The Labute approximate surface area is 232 Å². The van der Waals surface area contributed by atoms with Gasteiger partial charge >= 0.3 is 12.1 Å². The number of hydrogen-bond donors (Lipinski definition) is 3. The zero-order valence-electron chi connectivity index (χ0n) is 21.7. The molecule has 0 atom stereocenters. The zero-order chi connectivity index (χ0) is 29.1. The van der Waals surface area contributed by atoms with Crippen LogP contribution in [0.1, 0.15) is 50.5 Å². The Morgan fingerprint density at radius 1 is 0.854 bits per heavy atom. The molecule has 0 aliphatic carbocycles. The van der Waals surface area contributed by atoms with Gasteiger partial charge < -0.3 is 20.6 Å². The molecule has 1 fully saturated rings. The van der Waals surface area contributed by atoms with Crippen LogP contribution in [0.4, 0.5) is 30.2 Å². The van der Waals surface area contributed by atoms with Gasteiger partial charge in [0.15, 0.2) is 5.69 Å². The fourth-order valence-electron chi connectivity index (χ4n) is 4.85. The van der Waals surface area contributed by atoms with Gasteiger partial charge in [-0.1, -0.05) is 18.2 Å². The Morgan fingerprint density at radius 3 is 2.22 bits per heavy atom. The molecule has 1 aliphatic rings. The number of piperidine rings is 1. The number of fused-ring (bicyclic) bond motifs is 1. The van der Waals surface area contributed by atoms with E-state index in [1.807, 2.05) is 0 Å². The van der Waals surface area contributed by atoms with Crippen molar-refractivity contribution in [2.75, 3.05) is 28.6 Å². The first-order valence-corrected chi connectivity index (χ1v) is 13.0. The number of halogens is 3. The summed E-state index contributed by atoms with van der Waals surface area (Å²) >= 11 is 0. The molecule has 0 radical (unpaired) electrons. The van der Waals surface area contributed by atoms with Crippen LogP contribution >= 0.6 is 0 Å². The first-order chi connectivity index (χ1) is 19.6. The van der Waals surface area contributed by atoms with E-state index in [2.05, 4.69) is 20.6 Å². The lowest BCUT2D eigenvalue weighted by molar-refractivity contribution is -0.141. The minimum absolute atomic E-state index is 0.0732. The van der Waals surface area contributed by atoms with E-state index in [1.54, 1.807) is 24.3 Å². The molecule has 12 heteroatoms. The molecule has 1 aromatic heterocycles. The van der Waals surface area contributed by atoms with E-state index in [-0.39, 0.29) is 27.7 Å². The van der Waals surface area contributed by atoms with Gasteiger partial charge in [0.05, 0.1) is 22.5 Å². The lowest BCUT2D eigenvalue weighted by atomic mass is 10.1. The summed E-state index contributed by atoms with van der Waals surface area (Å²) in [5, 5.41) is 18.8. The van der Waals surface area contributed by atoms with Gasteiger partial charge in [-0.05, 0) is 67.8 Å². The smallest absolute Gasteiger partial charge is 0.408 e. The van der Waals surface area contributed by atoms with E-state index in [4.69, 9.17) is 5.11 Å². The summed E-state index contributed by atoms with van der Waals surface area (Å²) in [7, 11) is 0. The second-order valence-electron chi connectivity index (χ2n) is 9.71. The van der Waals surface area contributed by atoms with E-state index < -0.39 is 30.5 Å². The van der Waals surface area contributed by atoms with Gasteiger partial charge in [-0.3, -0.25) is 14.3 Å². The fraction of sp³-hybridized carbons (Fsp3) is 0.241. The van der Waals surface area contributed by atoms with Crippen molar-refractivity contribution in [2.24, 2.45) is 0 Å². The topological polar surface area (TPSA) is 117 Å². The predicted octanol–water partition coefficient (Wildman–Crippen LogP) is 5.79. The molecular weight excluding hydrogens is 539 g/mol. The number of hydrogen-bond acceptors (Lipinski definition) is 5.